The molecule has 2 amide bonds. The minimum atomic E-state index is -1.70. The summed E-state index contributed by atoms with van der Waals surface area (Å²) in [7, 11) is 0. The molecule has 1 spiro atoms. The van der Waals surface area contributed by atoms with Gasteiger partial charge in [-0.3, -0.25) is 19.3 Å². The number of aliphatic hydroxyl groups is 2. The van der Waals surface area contributed by atoms with Crippen molar-refractivity contribution >= 4 is 23.5 Å². The van der Waals surface area contributed by atoms with Gasteiger partial charge in [-0.1, -0.05) is 104 Å². The number of anilines is 1. The fraction of sp³-hybridized carbons (Fsp3) is 0.340. The molecule has 0 bridgehead atoms. The molecule has 57 heavy (non-hydrogen) atoms. The SMILES string of the molecule is C=CCNC(=O)[C@H]1[C@@H]2C(=O)O[C@@H](c3ccccc3)[C@@H](c3ccccc3)N2[C@@H](c2cccc(OCCO)c2)[C@]12C(=O)Nc1ccc(C#CC3(O)CCCCCC3)cc12. The number of hydrogen-bond donors (Lipinski definition) is 4. The lowest BCUT2D eigenvalue weighted by atomic mass is 9.65. The molecule has 1 aliphatic carbocycles. The number of fused-ring (bicyclic) bond motifs is 3. The summed E-state index contributed by atoms with van der Waals surface area (Å²) in [5.74, 6) is 3.99. The van der Waals surface area contributed by atoms with Gasteiger partial charge in [0.1, 0.15) is 35.5 Å². The summed E-state index contributed by atoms with van der Waals surface area (Å²) in [6.07, 6.45) is 5.81. The van der Waals surface area contributed by atoms with Crippen molar-refractivity contribution in [3.63, 3.8) is 0 Å². The van der Waals surface area contributed by atoms with Crippen molar-refractivity contribution in [3.05, 3.63) is 144 Å². The third-order valence-corrected chi connectivity index (χ3v) is 11.9. The number of nitrogens with one attached hydrogen (secondary N) is 2. The predicted molar refractivity (Wildman–Crippen MR) is 215 cm³/mol. The number of rotatable bonds is 9. The van der Waals surface area contributed by atoms with Crippen LogP contribution in [0.25, 0.3) is 0 Å². The first-order valence-electron chi connectivity index (χ1n) is 19.8. The van der Waals surface area contributed by atoms with Gasteiger partial charge in [-0.15, -0.1) is 6.58 Å². The standard InChI is InChI=1S/C47H47N3O7/c1-2-26-48-43(52)38-40-44(53)57-41(33-16-9-6-10-17-33)39(32-14-7-5-8-15-32)50(40)42(34-18-13-19-35(30-34)56-28-27-51)47(38)36-29-31(20-21-37(36)49-45(47)54)22-25-46(55)23-11-3-4-12-24-46/h2,5-10,13-21,29-30,38-42,51,55H,1,3-4,11-12,23-24,26-28H2,(H,48,52)(H,49,54)/t38-,39-,40-,41+,42+,47-/m1/s1. The molecule has 292 valence electrons. The Morgan fingerprint density at radius 1 is 0.912 bits per heavy atom. The quantitative estimate of drug-likeness (QED) is 0.0699. The average Bonchev–Trinajstić information content (AvgIpc) is 3.60. The van der Waals surface area contributed by atoms with Crippen LogP contribution in [0.2, 0.25) is 0 Å². The molecule has 3 aliphatic heterocycles. The number of carbonyl (C=O) groups is 3. The van der Waals surface area contributed by atoms with E-state index in [1.165, 1.54) is 0 Å². The summed E-state index contributed by atoms with van der Waals surface area (Å²) in [5, 5.41) is 27.2. The number of esters is 1. The van der Waals surface area contributed by atoms with Crippen LogP contribution in [0.5, 0.6) is 5.75 Å². The number of amides is 2. The maximum Gasteiger partial charge on any atom is 0.324 e. The van der Waals surface area contributed by atoms with Crippen LogP contribution in [0.15, 0.2) is 116 Å². The number of nitrogens with zero attached hydrogens (tertiary/aromatic N) is 1. The van der Waals surface area contributed by atoms with Crippen molar-refractivity contribution < 1.29 is 34.1 Å². The molecule has 3 fully saturated rings. The number of cyclic esters (lactones) is 1. The molecule has 0 radical (unpaired) electrons. The Bertz CT molecular complexity index is 2210. The van der Waals surface area contributed by atoms with Crippen LogP contribution in [0.1, 0.15) is 84.5 Å². The number of hydrogen-bond acceptors (Lipinski definition) is 8. The molecule has 4 aromatic carbocycles. The van der Waals surface area contributed by atoms with Gasteiger partial charge in [-0.2, -0.15) is 0 Å². The third kappa shape index (κ3) is 6.90. The van der Waals surface area contributed by atoms with Crippen LogP contribution in [0.3, 0.4) is 0 Å². The van der Waals surface area contributed by atoms with Crippen molar-refractivity contribution in [3.8, 4) is 17.6 Å². The lowest BCUT2D eigenvalue weighted by Crippen LogP contribution is -2.54. The van der Waals surface area contributed by atoms with Crippen LogP contribution in [0, 0.1) is 17.8 Å². The number of morpholine rings is 1. The van der Waals surface area contributed by atoms with Gasteiger partial charge in [0.15, 0.2) is 0 Å². The summed E-state index contributed by atoms with van der Waals surface area (Å²) in [4.78, 5) is 47.1. The van der Waals surface area contributed by atoms with Gasteiger partial charge in [-0.05, 0) is 78.3 Å². The lowest BCUT2D eigenvalue weighted by molar-refractivity contribution is -0.178. The number of aliphatic hydroxyl groups excluding tert-OH is 1. The number of carbonyl (C=O) groups excluding carboxylic acids is 3. The maximum atomic E-state index is 15.3. The first-order valence-corrected chi connectivity index (χ1v) is 19.8. The molecule has 0 unspecified atom stereocenters. The van der Waals surface area contributed by atoms with Crippen molar-refractivity contribution in [2.24, 2.45) is 5.92 Å². The highest BCUT2D eigenvalue weighted by Gasteiger charge is 2.74. The third-order valence-electron chi connectivity index (χ3n) is 11.9. The molecular weight excluding hydrogens is 719 g/mol. The van der Waals surface area contributed by atoms with E-state index in [1.807, 2.05) is 95.9 Å². The van der Waals surface area contributed by atoms with E-state index in [2.05, 4.69) is 29.1 Å². The minimum Gasteiger partial charge on any atom is -0.491 e. The molecule has 10 nitrogen and oxygen atoms in total. The predicted octanol–water partition coefficient (Wildman–Crippen LogP) is 6.07. The summed E-state index contributed by atoms with van der Waals surface area (Å²) >= 11 is 0. The molecule has 6 atom stereocenters. The van der Waals surface area contributed by atoms with E-state index in [4.69, 9.17) is 9.47 Å². The van der Waals surface area contributed by atoms with Crippen molar-refractivity contribution in [2.45, 2.75) is 73.8 Å². The highest BCUT2D eigenvalue weighted by molar-refractivity contribution is 6.12. The van der Waals surface area contributed by atoms with E-state index in [1.54, 1.807) is 18.2 Å². The molecule has 10 heteroatoms. The van der Waals surface area contributed by atoms with Crippen LogP contribution in [-0.2, 0) is 24.5 Å². The van der Waals surface area contributed by atoms with Gasteiger partial charge in [0.2, 0.25) is 11.8 Å². The van der Waals surface area contributed by atoms with E-state index in [-0.39, 0.29) is 19.8 Å². The highest BCUT2D eigenvalue weighted by atomic mass is 16.6. The van der Waals surface area contributed by atoms with E-state index < -0.39 is 58.9 Å². The molecule has 8 rings (SSSR count). The molecule has 0 aromatic heterocycles. The Labute approximate surface area is 332 Å². The lowest BCUT2D eigenvalue weighted by Gasteiger charge is -2.46. The Balaban J connectivity index is 1.40. The Hall–Kier alpha value is -5.73. The first kappa shape index (κ1) is 38.2. The topological polar surface area (TPSA) is 137 Å². The first-order chi connectivity index (χ1) is 27.8. The number of ether oxygens (including phenoxy) is 2. The molecule has 2 saturated heterocycles. The molecule has 4 N–H and O–H groups in total. The second-order valence-corrected chi connectivity index (χ2v) is 15.4. The Morgan fingerprint density at radius 3 is 2.32 bits per heavy atom. The summed E-state index contributed by atoms with van der Waals surface area (Å²) in [6.45, 7) is 3.76. The second kappa shape index (κ2) is 16.0. The summed E-state index contributed by atoms with van der Waals surface area (Å²) < 4.78 is 12.4. The van der Waals surface area contributed by atoms with Gasteiger partial charge < -0.3 is 30.3 Å². The minimum absolute atomic E-state index is 0.0466. The van der Waals surface area contributed by atoms with Crippen molar-refractivity contribution in [2.75, 3.05) is 25.1 Å². The van der Waals surface area contributed by atoms with E-state index in [9.17, 15) is 19.8 Å². The molecule has 4 aliphatic rings. The molecule has 4 aromatic rings. The Kier molecular flexibility index (Phi) is 10.7. The van der Waals surface area contributed by atoms with Gasteiger partial charge in [0.05, 0.1) is 24.6 Å². The van der Waals surface area contributed by atoms with Crippen molar-refractivity contribution in [1.82, 2.24) is 10.2 Å². The molecular formula is C47H47N3O7. The zero-order valence-electron chi connectivity index (χ0n) is 31.7. The van der Waals surface area contributed by atoms with E-state index in [0.717, 1.165) is 36.8 Å². The van der Waals surface area contributed by atoms with Crippen LogP contribution >= 0.6 is 0 Å². The number of benzene rings is 4. The zero-order chi connectivity index (χ0) is 39.6. The van der Waals surface area contributed by atoms with Crippen LogP contribution in [0.4, 0.5) is 5.69 Å². The maximum absolute atomic E-state index is 15.3. The second-order valence-electron chi connectivity index (χ2n) is 15.4. The Morgan fingerprint density at radius 2 is 1.61 bits per heavy atom. The van der Waals surface area contributed by atoms with E-state index >= 15 is 4.79 Å². The van der Waals surface area contributed by atoms with Crippen molar-refractivity contribution in [1.29, 1.82) is 0 Å². The smallest absolute Gasteiger partial charge is 0.324 e. The van der Waals surface area contributed by atoms with Gasteiger partial charge in [0.25, 0.3) is 0 Å². The summed E-state index contributed by atoms with van der Waals surface area (Å²) in [5.41, 5.74) is 0.984. The van der Waals surface area contributed by atoms with Crippen LogP contribution < -0.4 is 15.4 Å². The molecule has 1 saturated carbocycles. The highest BCUT2D eigenvalue weighted by Crippen LogP contribution is 2.65. The summed E-state index contributed by atoms with van der Waals surface area (Å²) in [6, 6.07) is 29.1. The largest absolute Gasteiger partial charge is 0.491 e. The fourth-order valence-corrected chi connectivity index (χ4v) is 9.52. The van der Waals surface area contributed by atoms with Gasteiger partial charge in [0, 0.05) is 17.8 Å². The average molecular weight is 766 g/mol. The fourth-order valence-electron chi connectivity index (χ4n) is 9.52. The van der Waals surface area contributed by atoms with E-state index in [0.29, 0.717) is 41.0 Å². The van der Waals surface area contributed by atoms with Crippen LogP contribution in [-0.4, -0.2) is 64.3 Å². The molecule has 3 heterocycles. The van der Waals surface area contributed by atoms with Gasteiger partial charge >= 0.3 is 5.97 Å². The monoisotopic (exact) mass is 765 g/mol. The zero-order valence-corrected chi connectivity index (χ0v) is 31.7. The normalized spacial score (nSPS) is 26.2. The van der Waals surface area contributed by atoms with Gasteiger partial charge in [-0.25, -0.2) is 0 Å².